The molecule has 13 heavy (non-hydrogen) atoms. The molecule has 0 fully saturated rings. The van der Waals surface area contributed by atoms with Crippen molar-refractivity contribution < 1.29 is 4.74 Å². The molecule has 0 aromatic carbocycles. The number of H-pyrrole nitrogens is 1. The van der Waals surface area contributed by atoms with Crippen molar-refractivity contribution in [3.05, 3.63) is 21.6 Å². The van der Waals surface area contributed by atoms with E-state index in [-0.39, 0.29) is 11.1 Å². The standard InChI is InChI=1S/C9H14N2O2/c1-9(2,3)11-7-5-13-4-6(7)8(12)10-11/h4-5H2,1-3H3,(H,10,12). The Kier molecular flexibility index (Phi) is 1.63. The van der Waals surface area contributed by atoms with Gasteiger partial charge in [0.2, 0.25) is 0 Å². The van der Waals surface area contributed by atoms with E-state index in [4.69, 9.17) is 4.74 Å². The summed E-state index contributed by atoms with van der Waals surface area (Å²) < 4.78 is 7.13. The van der Waals surface area contributed by atoms with Gasteiger partial charge < -0.3 is 4.74 Å². The van der Waals surface area contributed by atoms with Crippen molar-refractivity contribution >= 4 is 0 Å². The number of ether oxygens (including phenoxy) is 1. The molecule has 0 bridgehead atoms. The Morgan fingerprint density at radius 2 is 2.08 bits per heavy atom. The molecule has 1 aromatic rings. The molecular formula is C9H14N2O2. The van der Waals surface area contributed by atoms with Gasteiger partial charge in [0.05, 0.1) is 30.0 Å². The number of fused-ring (bicyclic) bond motifs is 1. The second-order valence-corrected chi connectivity index (χ2v) is 4.37. The van der Waals surface area contributed by atoms with E-state index in [1.807, 2.05) is 4.68 Å². The molecule has 4 heteroatoms. The molecule has 1 aliphatic heterocycles. The van der Waals surface area contributed by atoms with Gasteiger partial charge in [-0.25, -0.2) is 0 Å². The topological polar surface area (TPSA) is 47.0 Å². The molecule has 0 spiro atoms. The minimum absolute atomic E-state index is 0.0116. The van der Waals surface area contributed by atoms with Crippen molar-refractivity contribution in [2.45, 2.75) is 39.5 Å². The molecule has 72 valence electrons. The van der Waals surface area contributed by atoms with Gasteiger partial charge in [0.1, 0.15) is 0 Å². The molecule has 1 N–H and O–H groups in total. The predicted octanol–water partition coefficient (Wildman–Crippen LogP) is 0.962. The summed E-state index contributed by atoms with van der Waals surface area (Å²) in [5, 5.41) is 2.84. The number of aromatic nitrogens is 2. The van der Waals surface area contributed by atoms with Crippen LogP contribution >= 0.6 is 0 Å². The fraction of sp³-hybridized carbons (Fsp3) is 0.667. The maximum Gasteiger partial charge on any atom is 0.270 e. The van der Waals surface area contributed by atoms with Crippen LogP contribution in [0.5, 0.6) is 0 Å². The van der Waals surface area contributed by atoms with Gasteiger partial charge in [0, 0.05) is 0 Å². The molecule has 1 aromatic heterocycles. The van der Waals surface area contributed by atoms with E-state index < -0.39 is 0 Å². The van der Waals surface area contributed by atoms with Crippen molar-refractivity contribution in [1.29, 1.82) is 0 Å². The summed E-state index contributed by atoms with van der Waals surface area (Å²) in [6.07, 6.45) is 0. The first-order valence-electron chi connectivity index (χ1n) is 4.41. The normalized spacial score (nSPS) is 16.2. The van der Waals surface area contributed by atoms with Crippen LogP contribution in [-0.4, -0.2) is 9.78 Å². The summed E-state index contributed by atoms with van der Waals surface area (Å²) in [6.45, 7) is 7.17. The highest BCUT2D eigenvalue weighted by Crippen LogP contribution is 2.22. The van der Waals surface area contributed by atoms with Crippen LogP contribution in [0.3, 0.4) is 0 Å². The molecule has 0 unspecified atom stereocenters. The average Bonchev–Trinajstić information content (AvgIpc) is 2.51. The number of aromatic amines is 1. The first kappa shape index (κ1) is 8.56. The number of nitrogens with one attached hydrogen (secondary N) is 1. The zero-order chi connectivity index (χ0) is 9.64. The number of rotatable bonds is 0. The van der Waals surface area contributed by atoms with Gasteiger partial charge in [0.15, 0.2) is 0 Å². The minimum Gasteiger partial charge on any atom is -0.370 e. The highest BCUT2D eigenvalue weighted by molar-refractivity contribution is 5.20. The van der Waals surface area contributed by atoms with Gasteiger partial charge >= 0.3 is 0 Å². The third-order valence-corrected chi connectivity index (χ3v) is 2.26. The Morgan fingerprint density at radius 1 is 1.38 bits per heavy atom. The predicted molar refractivity (Wildman–Crippen MR) is 48.5 cm³/mol. The van der Waals surface area contributed by atoms with Crippen molar-refractivity contribution in [3.63, 3.8) is 0 Å². The van der Waals surface area contributed by atoms with Crippen LogP contribution in [0.1, 0.15) is 32.0 Å². The SMILES string of the molecule is CC(C)(C)n1[nH]c(=O)c2c1COC2. The van der Waals surface area contributed by atoms with Crippen LogP contribution in [0.2, 0.25) is 0 Å². The molecule has 0 saturated heterocycles. The van der Waals surface area contributed by atoms with Crippen LogP contribution in [0, 0.1) is 0 Å². The first-order valence-corrected chi connectivity index (χ1v) is 4.41. The van der Waals surface area contributed by atoms with Crippen molar-refractivity contribution in [3.8, 4) is 0 Å². The molecule has 4 nitrogen and oxygen atoms in total. The van der Waals surface area contributed by atoms with Gasteiger partial charge in [-0.1, -0.05) is 0 Å². The number of hydrogen-bond donors (Lipinski definition) is 1. The maximum atomic E-state index is 11.4. The first-order chi connectivity index (χ1) is 6.00. The van der Waals surface area contributed by atoms with E-state index in [1.165, 1.54) is 0 Å². The van der Waals surface area contributed by atoms with Crippen molar-refractivity contribution in [1.82, 2.24) is 9.78 Å². The smallest absolute Gasteiger partial charge is 0.270 e. The largest absolute Gasteiger partial charge is 0.370 e. The third-order valence-electron chi connectivity index (χ3n) is 2.26. The monoisotopic (exact) mass is 182 g/mol. The van der Waals surface area contributed by atoms with Crippen LogP contribution in [0.25, 0.3) is 0 Å². The zero-order valence-corrected chi connectivity index (χ0v) is 8.18. The molecule has 0 saturated carbocycles. The van der Waals surface area contributed by atoms with Crippen LogP contribution < -0.4 is 5.56 Å². The molecular weight excluding hydrogens is 168 g/mol. The van der Waals surface area contributed by atoms with E-state index in [1.54, 1.807) is 0 Å². The maximum absolute atomic E-state index is 11.4. The lowest BCUT2D eigenvalue weighted by molar-refractivity contribution is 0.125. The summed E-state index contributed by atoms with van der Waals surface area (Å²) in [6, 6.07) is 0. The highest BCUT2D eigenvalue weighted by Gasteiger charge is 2.26. The molecule has 0 radical (unpaired) electrons. The third kappa shape index (κ3) is 1.21. The van der Waals surface area contributed by atoms with E-state index >= 15 is 0 Å². The van der Waals surface area contributed by atoms with Gasteiger partial charge in [-0.15, -0.1) is 0 Å². The average molecular weight is 182 g/mol. The lowest BCUT2D eigenvalue weighted by Crippen LogP contribution is -2.26. The van der Waals surface area contributed by atoms with E-state index in [9.17, 15) is 4.79 Å². The van der Waals surface area contributed by atoms with Gasteiger partial charge in [-0.2, -0.15) is 0 Å². The summed E-state index contributed by atoms with van der Waals surface area (Å²) in [5.41, 5.74) is 1.69. The zero-order valence-electron chi connectivity index (χ0n) is 8.18. The summed E-state index contributed by atoms with van der Waals surface area (Å²) in [5.74, 6) is 0. The molecule has 1 aliphatic rings. The van der Waals surface area contributed by atoms with Gasteiger partial charge in [-0.3, -0.25) is 14.6 Å². The van der Waals surface area contributed by atoms with E-state index in [0.717, 1.165) is 11.3 Å². The van der Waals surface area contributed by atoms with Crippen LogP contribution in [0.15, 0.2) is 4.79 Å². The quantitative estimate of drug-likeness (QED) is 0.649. The van der Waals surface area contributed by atoms with Gasteiger partial charge in [0.25, 0.3) is 5.56 Å². The molecule has 2 rings (SSSR count). The molecule has 0 amide bonds. The summed E-state index contributed by atoms with van der Waals surface area (Å²) in [4.78, 5) is 11.4. The summed E-state index contributed by atoms with van der Waals surface area (Å²) in [7, 11) is 0. The second-order valence-electron chi connectivity index (χ2n) is 4.37. The molecule has 0 atom stereocenters. The Bertz CT molecular complexity index is 381. The van der Waals surface area contributed by atoms with Crippen LogP contribution in [-0.2, 0) is 23.5 Å². The van der Waals surface area contributed by atoms with E-state index in [2.05, 4.69) is 25.9 Å². The number of hydrogen-bond acceptors (Lipinski definition) is 2. The van der Waals surface area contributed by atoms with Crippen LogP contribution in [0.4, 0.5) is 0 Å². The van der Waals surface area contributed by atoms with E-state index in [0.29, 0.717) is 13.2 Å². The summed E-state index contributed by atoms with van der Waals surface area (Å²) >= 11 is 0. The Labute approximate surface area is 76.5 Å². The fourth-order valence-electron chi connectivity index (χ4n) is 1.63. The van der Waals surface area contributed by atoms with Gasteiger partial charge in [-0.05, 0) is 20.8 Å². The second kappa shape index (κ2) is 2.48. The Hall–Kier alpha value is -1.03. The molecule has 2 heterocycles. The lowest BCUT2D eigenvalue weighted by atomic mass is 10.1. The highest BCUT2D eigenvalue weighted by atomic mass is 16.5. The van der Waals surface area contributed by atoms with Crippen molar-refractivity contribution in [2.24, 2.45) is 0 Å². The Morgan fingerprint density at radius 3 is 2.69 bits per heavy atom. The van der Waals surface area contributed by atoms with Crippen molar-refractivity contribution in [2.75, 3.05) is 0 Å². The number of nitrogens with zero attached hydrogens (tertiary/aromatic N) is 1. The lowest BCUT2D eigenvalue weighted by Gasteiger charge is -2.22. The Balaban J connectivity index is 2.61. The molecule has 0 aliphatic carbocycles. The fourth-order valence-corrected chi connectivity index (χ4v) is 1.63. The minimum atomic E-state index is -0.0829.